The second kappa shape index (κ2) is 9.38. The van der Waals surface area contributed by atoms with Crippen molar-refractivity contribution in [1.82, 2.24) is 15.1 Å². The molecular weight excluding hydrogens is 376 g/mol. The first kappa shape index (κ1) is 21.5. The number of carboxylic acid groups (broad SMARTS) is 1. The average molecular weight is 402 g/mol. The molecule has 2 fully saturated rings. The number of nitrogens with two attached hydrogens (primary N) is 1. The van der Waals surface area contributed by atoms with Crippen molar-refractivity contribution in [3.8, 4) is 0 Å². The van der Waals surface area contributed by atoms with Crippen LogP contribution in [0.1, 0.15) is 25.7 Å². The summed E-state index contributed by atoms with van der Waals surface area (Å²) in [6.07, 6.45) is 1.92. The van der Waals surface area contributed by atoms with Gasteiger partial charge in [-0.1, -0.05) is 0 Å². The SMILES string of the molecule is NC(CS)C(=O)N1CCCC1C(=O)NC(CO)C(=O)N1CCCC1C(=O)O. The first-order valence-electron chi connectivity index (χ1n) is 8.93. The van der Waals surface area contributed by atoms with E-state index >= 15 is 0 Å². The lowest BCUT2D eigenvalue weighted by molar-refractivity contribution is -0.150. The van der Waals surface area contributed by atoms with Crippen molar-refractivity contribution in [2.24, 2.45) is 5.73 Å². The highest BCUT2D eigenvalue weighted by molar-refractivity contribution is 7.80. The number of hydrogen-bond acceptors (Lipinski definition) is 7. The van der Waals surface area contributed by atoms with Crippen LogP contribution in [0.2, 0.25) is 0 Å². The molecule has 0 aliphatic carbocycles. The van der Waals surface area contributed by atoms with E-state index in [1.165, 1.54) is 4.90 Å². The molecule has 0 bridgehead atoms. The third-order valence-corrected chi connectivity index (χ3v) is 5.36. The monoisotopic (exact) mass is 402 g/mol. The molecule has 0 radical (unpaired) electrons. The fourth-order valence-electron chi connectivity index (χ4n) is 3.53. The molecule has 0 aromatic heterocycles. The number of amides is 3. The second-order valence-electron chi connectivity index (χ2n) is 6.75. The van der Waals surface area contributed by atoms with Gasteiger partial charge in [-0.25, -0.2) is 4.79 Å². The number of carbonyl (C=O) groups is 4. The van der Waals surface area contributed by atoms with Crippen LogP contribution in [0.25, 0.3) is 0 Å². The van der Waals surface area contributed by atoms with Gasteiger partial charge in [0.05, 0.1) is 12.6 Å². The summed E-state index contributed by atoms with van der Waals surface area (Å²) in [7, 11) is 0. The zero-order valence-corrected chi connectivity index (χ0v) is 15.8. The highest BCUT2D eigenvalue weighted by atomic mass is 32.1. The summed E-state index contributed by atoms with van der Waals surface area (Å²) in [6.45, 7) is -0.0272. The molecule has 152 valence electrons. The number of aliphatic hydroxyl groups excluding tert-OH is 1. The van der Waals surface area contributed by atoms with Gasteiger partial charge >= 0.3 is 5.97 Å². The molecule has 0 saturated carbocycles. The minimum absolute atomic E-state index is 0.146. The van der Waals surface area contributed by atoms with E-state index in [2.05, 4.69) is 17.9 Å². The zero-order valence-electron chi connectivity index (χ0n) is 14.9. The molecule has 4 unspecified atom stereocenters. The van der Waals surface area contributed by atoms with Gasteiger partial charge in [-0.2, -0.15) is 12.6 Å². The predicted molar refractivity (Wildman–Crippen MR) is 98.0 cm³/mol. The molecule has 0 aromatic rings. The lowest BCUT2D eigenvalue weighted by atomic mass is 10.1. The van der Waals surface area contributed by atoms with Crippen LogP contribution in [0.15, 0.2) is 0 Å². The van der Waals surface area contributed by atoms with Crippen molar-refractivity contribution in [1.29, 1.82) is 0 Å². The molecule has 4 atom stereocenters. The first-order chi connectivity index (χ1) is 12.8. The standard InChI is InChI=1S/C16H26N4O6S/c17-9(8-27)14(23)19-5-1-3-11(19)13(22)18-10(7-21)15(24)20-6-2-4-12(20)16(25)26/h9-12,21,27H,1-8,17H2,(H,18,22)(H,25,26). The Hall–Kier alpha value is -1.85. The van der Waals surface area contributed by atoms with Crippen LogP contribution in [0.5, 0.6) is 0 Å². The molecule has 10 nitrogen and oxygen atoms in total. The molecule has 11 heteroatoms. The number of nitrogens with zero attached hydrogens (tertiary/aromatic N) is 2. The van der Waals surface area contributed by atoms with Gasteiger partial charge in [-0.15, -0.1) is 0 Å². The van der Waals surface area contributed by atoms with Gasteiger partial charge in [-0.3, -0.25) is 14.4 Å². The summed E-state index contributed by atoms with van der Waals surface area (Å²) in [5.41, 5.74) is 5.70. The van der Waals surface area contributed by atoms with E-state index in [-0.39, 0.29) is 18.2 Å². The van der Waals surface area contributed by atoms with E-state index in [0.29, 0.717) is 32.2 Å². The fraction of sp³-hybridized carbons (Fsp3) is 0.750. The molecule has 3 amide bonds. The van der Waals surface area contributed by atoms with Crippen LogP contribution in [0.3, 0.4) is 0 Å². The van der Waals surface area contributed by atoms with Gasteiger partial charge < -0.3 is 31.1 Å². The van der Waals surface area contributed by atoms with Gasteiger partial charge in [0, 0.05) is 18.8 Å². The summed E-state index contributed by atoms with van der Waals surface area (Å²) in [5, 5.41) is 21.2. The van der Waals surface area contributed by atoms with E-state index in [9.17, 15) is 29.4 Å². The van der Waals surface area contributed by atoms with E-state index in [1.807, 2.05) is 0 Å². The molecular formula is C16H26N4O6S. The summed E-state index contributed by atoms with van der Waals surface area (Å²) in [6, 6.07) is -3.81. The Balaban J connectivity index is 2.04. The van der Waals surface area contributed by atoms with Crippen LogP contribution in [-0.2, 0) is 19.2 Å². The minimum atomic E-state index is -1.26. The molecule has 2 aliphatic heterocycles. The normalized spacial score (nSPS) is 24.6. The second-order valence-corrected chi connectivity index (χ2v) is 7.12. The third-order valence-electron chi connectivity index (χ3n) is 4.97. The number of likely N-dealkylation sites (tertiary alicyclic amines) is 2. The van der Waals surface area contributed by atoms with E-state index in [1.54, 1.807) is 0 Å². The van der Waals surface area contributed by atoms with Crippen molar-refractivity contribution >= 4 is 36.3 Å². The molecule has 2 aliphatic rings. The Bertz CT molecular complexity index is 603. The highest BCUT2D eigenvalue weighted by Crippen LogP contribution is 2.20. The maximum atomic E-state index is 12.6. The molecule has 2 heterocycles. The first-order valence-corrected chi connectivity index (χ1v) is 9.56. The van der Waals surface area contributed by atoms with Crippen molar-refractivity contribution in [2.75, 3.05) is 25.4 Å². The van der Waals surface area contributed by atoms with E-state index in [4.69, 9.17) is 5.73 Å². The van der Waals surface area contributed by atoms with Crippen molar-refractivity contribution < 1.29 is 29.4 Å². The molecule has 0 aromatic carbocycles. The van der Waals surface area contributed by atoms with Crippen LogP contribution >= 0.6 is 12.6 Å². The smallest absolute Gasteiger partial charge is 0.326 e. The molecule has 2 rings (SSSR count). The number of rotatable bonds is 7. The van der Waals surface area contributed by atoms with Crippen LogP contribution in [-0.4, -0.2) is 93.3 Å². The Kier molecular flexibility index (Phi) is 7.45. The van der Waals surface area contributed by atoms with Gasteiger partial charge in [0.2, 0.25) is 17.7 Å². The van der Waals surface area contributed by atoms with Crippen molar-refractivity contribution in [3.05, 3.63) is 0 Å². The van der Waals surface area contributed by atoms with E-state index in [0.717, 1.165) is 4.90 Å². The van der Waals surface area contributed by atoms with Gasteiger partial charge in [0.25, 0.3) is 0 Å². The number of hydrogen-bond donors (Lipinski definition) is 5. The Morgan fingerprint density at radius 3 is 2.15 bits per heavy atom. The van der Waals surface area contributed by atoms with Crippen LogP contribution in [0.4, 0.5) is 0 Å². The number of carbonyl (C=O) groups excluding carboxylic acids is 3. The van der Waals surface area contributed by atoms with Gasteiger partial charge in [-0.05, 0) is 25.7 Å². The molecule has 5 N–H and O–H groups in total. The predicted octanol–water partition coefficient (Wildman–Crippen LogP) is -2.21. The number of thiol groups is 1. The fourth-order valence-corrected chi connectivity index (χ4v) is 3.69. The summed E-state index contributed by atoms with van der Waals surface area (Å²) in [5.74, 6) is -2.56. The number of aliphatic carboxylic acids is 1. The average Bonchev–Trinajstić information content (AvgIpc) is 3.33. The third kappa shape index (κ3) is 4.71. The topological polar surface area (TPSA) is 153 Å². The summed E-state index contributed by atoms with van der Waals surface area (Å²) < 4.78 is 0. The van der Waals surface area contributed by atoms with E-state index < -0.39 is 48.6 Å². The maximum absolute atomic E-state index is 12.6. The zero-order chi connectivity index (χ0) is 20.1. The molecule has 27 heavy (non-hydrogen) atoms. The summed E-state index contributed by atoms with van der Waals surface area (Å²) >= 11 is 4.00. The Morgan fingerprint density at radius 2 is 1.63 bits per heavy atom. The lowest BCUT2D eigenvalue weighted by Gasteiger charge is -2.29. The quantitative estimate of drug-likeness (QED) is 0.303. The molecule has 0 spiro atoms. The maximum Gasteiger partial charge on any atom is 0.326 e. The summed E-state index contributed by atoms with van der Waals surface area (Å²) in [4.78, 5) is 51.3. The van der Waals surface area contributed by atoms with Crippen LogP contribution in [0, 0.1) is 0 Å². The Labute approximate surface area is 162 Å². The number of carboxylic acids is 1. The van der Waals surface area contributed by atoms with Crippen molar-refractivity contribution in [3.63, 3.8) is 0 Å². The number of aliphatic hydroxyl groups is 1. The van der Waals surface area contributed by atoms with Crippen molar-refractivity contribution in [2.45, 2.75) is 49.9 Å². The minimum Gasteiger partial charge on any atom is -0.480 e. The van der Waals surface area contributed by atoms with Crippen LogP contribution < -0.4 is 11.1 Å². The number of nitrogens with one attached hydrogen (secondary N) is 1. The van der Waals surface area contributed by atoms with Gasteiger partial charge in [0.1, 0.15) is 18.1 Å². The molecule has 2 saturated heterocycles. The lowest BCUT2D eigenvalue weighted by Crippen LogP contribution is -2.57. The largest absolute Gasteiger partial charge is 0.480 e. The van der Waals surface area contributed by atoms with Gasteiger partial charge in [0.15, 0.2) is 0 Å². The Morgan fingerprint density at radius 1 is 1.07 bits per heavy atom. The highest BCUT2D eigenvalue weighted by Gasteiger charge is 2.40.